The second-order valence-corrected chi connectivity index (χ2v) is 6.17. The van der Waals surface area contributed by atoms with Crippen LogP contribution in [-0.4, -0.2) is 13.2 Å². The zero-order valence-corrected chi connectivity index (χ0v) is 14.0. The van der Waals surface area contributed by atoms with Crippen LogP contribution >= 0.6 is 0 Å². The number of nitrogens with one attached hydrogen (secondary N) is 1. The summed E-state index contributed by atoms with van der Waals surface area (Å²) >= 11 is 0. The van der Waals surface area contributed by atoms with Crippen molar-refractivity contribution in [1.29, 1.82) is 0 Å². The number of hydrogen-bond acceptors (Lipinski definition) is 3. The van der Waals surface area contributed by atoms with Gasteiger partial charge in [-0.2, -0.15) is 0 Å². The largest absolute Gasteiger partial charge is 0.493 e. The number of methoxy groups -OCH3 is 1. The van der Waals surface area contributed by atoms with Crippen LogP contribution in [0.2, 0.25) is 0 Å². The van der Waals surface area contributed by atoms with E-state index in [-0.39, 0.29) is 0 Å². The van der Waals surface area contributed by atoms with E-state index < -0.39 is 0 Å². The number of benzene rings is 2. The predicted molar refractivity (Wildman–Crippen MR) is 94.4 cm³/mol. The molecule has 0 unspecified atom stereocenters. The molecule has 0 aliphatic heterocycles. The van der Waals surface area contributed by atoms with Gasteiger partial charge in [0.05, 0.1) is 13.2 Å². The van der Waals surface area contributed by atoms with Crippen molar-refractivity contribution in [3.63, 3.8) is 0 Å². The summed E-state index contributed by atoms with van der Waals surface area (Å²) in [6.45, 7) is 2.95. The van der Waals surface area contributed by atoms with Crippen molar-refractivity contribution in [2.45, 2.75) is 45.3 Å². The lowest BCUT2D eigenvalue weighted by atomic mass is 10.1. The van der Waals surface area contributed by atoms with Crippen LogP contribution in [0.15, 0.2) is 42.5 Å². The maximum absolute atomic E-state index is 6.15. The molecule has 0 bridgehead atoms. The highest BCUT2D eigenvalue weighted by molar-refractivity contribution is 5.55. The van der Waals surface area contributed by atoms with E-state index in [4.69, 9.17) is 9.47 Å². The van der Waals surface area contributed by atoms with E-state index in [0.717, 1.165) is 36.6 Å². The average Bonchev–Trinajstić information content (AvgIpc) is 3.07. The van der Waals surface area contributed by atoms with Gasteiger partial charge in [-0.05, 0) is 55.9 Å². The Morgan fingerprint density at radius 3 is 2.57 bits per heavy atom. The van der Waals surface area contributed by atoms with Gasteiger partial charge in [0.25, 0.3) is 0 Å². The molecule has 3 nitrogen and oxygen atoms in total. The van der Waals surface area contributed by atoms with E-state index in [9.17, 15) is 0 Å². The zero-order chi connectivity index (χ0) is 16.1. The first-order chi connectivity index (χ1) is 11.3. The van der Waals surface area contributed by atoms with Crippen molar-refractivity contribution in [2.24, 2.45) is 0 Å². The number of aryl methyl sites for hydroxylation is 1. The van der Waals surface area contributed by atoms with Crippen LogP contribution in [0.1, 0.15) is 36.8 Å². The van der Waals surface area contributed by atoms with Gasteiger partial charge >= 0.3 is 0 Å². The summed E-state index contributed by atoms with van der Waals surface area (Å²) in [6.07, 6.45) is 5.14. The molecule has 1 saturated carbocycles. The fourth-order valence-corrected chi connectivity index (χ4v) is 3.07. The zero-order valence-electron chi connectivity index (χ0n) is 14.0. The first-order valence-electron chi connectivity index (χ1n) is 8.39. The number of rotatable bonds is 6. The Kier molecular flexibility index (Phi) is 5.06. The highest BCUT2D eigenvalue weighted by atomic mass is 16.5. The summed E-state index contributed by atoms with van der Waals surface area (Å²) in [5, 5.41) is 3.48. The topological polar surface area (TPSA) is 30.5 Å². The number of hydrogen-bond donors (Lipinski definition) is 1. The minimum atomic E-state index is 0.329. The highest BCUT2D eigenvalue weighted by Gasteiger charge is 2.18. The van der Waals surface area contributed by atoms with Gasteiger partial charge in [0.1, 0.15) is 0 Å². The van der Waals surface area contributed by atoms with E-state index in [1.165, 1.54) is 24.0 Å². The molecule has 0 atom stereocenters. The minimum Gasteiger partial charge on any atom is -0.493 e. The minimum absolute atomic E-state index is 0.329. The summed E-state index contributed by atoms with van der Waals surface area (Å²) in [4.78, 5) is 0. The normalized spacial score (nSPS) is 14.7. The molecule has 0 saturated heterocycles. The van der Waals surface area contributed by atoms with Crippen LogP contribution in [0.4, 0.5) is 5.69 Å². The molecule has 122 valence electrons. The van der Waals surface area contributed by atoms with Crippen LogP contribution in [-0.2, 0) is 6.54 Å². The molecule has 2 aromatic rings. The Morgan fingerprint density at radius 1 is 1.04 bits per heavy atom. The molecule has 0 spiro atoms. The first kappa shape index (κ1) is 15.7. The molecule has 1 N–H and O–H groups in total. The fraction of sp³-hybridized carbons (Fsp3) is 0.400. The molecule has 0 aromatic heterocycles. The smallest absolute Gasteiger partial charge is 0.163 e. The molecule has 1 aliphatic rings. The Hall–Kier alpha value is -2.16. The van der Waals surface area contributed by atoms with Crippen LogP contribution in [0.25, 0.3) is 0 Å². The van der Waals surface area contributed by atoms with E-state index in [2.05, 4.69) is 42.6 Å². The average molecular weight is 311 g/mol. The van der Waals surface area contributed by atoms with Crippen molar-refractivity contribution in [3.05, 3.63) is 53.6 Å². The lowest BCUT2D eigenvalue weighted by Crippen LogP contribution is -2.12. The lowest BCUT2D eigenvalue weighted by Gasteiger charge is -2.17. The molecular weight excluding hydrogens is 286 g/mol. The quantitative estimate of drug-likeness (QED) is 0.820. The Balaban J connectivity index is 1.70. The fourth-order valence-electron chi connectivity index (χ4n) is 3.07. The van der Waals surface area contributed by atoms with Crippen molar-refractivity contribution in [1.82, 2.24) is 0 Å². The Bertz CT molecular complexity index is 648. The lowest BCUT2D eigenvalue weighted by molar-refractivity contribution is 0.201. The molecule has 0 radical (unpaired) electrons. The van der Waals surface area contributed by atoms with E-state index in [1.54, 1.807) is 7.11 Å². The molecule has 3 rings (SSSR count). The standard InChI is InChI=1S/C20H25NO2/c1-15-7-3-4-8-16(15)14-21-17-11-12-19(22-2)20(13-17)23-18-9-5-6-10-18/h3-4,7-8,11-13,18,21H,5-6,9-10,14H2,1-2H3. The summed E-state index contributed by atoms with van der Waals surface area (Å²) in [5.74, 6) is 1.65. The summed E-state index contributed by atoms with van der Waals surface area (Å²) in [6, 6.07) is 14.5. The van der Waals surface area contributed by atoms with Crippen LogP contribution in [0.5, 0.6) is 11.5 Å². The third-order valence-electron chi connectivity index (χ3n) is 4.50. The van der Waals surface area contributed by atoms with Crippen LogP contribution < -0.4 is 14.8 Å². The summed E-state index contributed by atoms with van der Waals surface area (Å²) in [5.41, 5.74) is 3.67. The predicted octanol–water partition coefficient (Wildman–Crippen LogP) is 4.94. The van der Waals surface area contributed by atoms with Gasteiger partial charge in [-0.15, -0.1) is 0 Å². The highest BCUT2D eigenvalue weighted by Crippen LogP contribution is 2.34. The monoisotopic (exact) mass is 311 g/mol. The Labute approximate surface area is 138 Å². The third-order valence-corrected chi connectivity index (χ3v) is 4.50. The molecule has 1 fully saturated rings. The molecule has 0 amide bonds. The van der Waals surface area contributed by atoms with Gasteiger partial charge in [-0.25, -0.2) is 0 Å². The molecule has 0 heterocycles. The van der Waals surface area contributed by atoms with Crippen molar-refractivity contribution >= 4 is 5.69 Å². The van der Waals surface area contributed by atoms with Crippen molar-refractivity contribution in [3.8, 4) is 11.5 Å². The first-order valence-corrected chi connectivity index (χ1v) is 8.39. The summed E-state index contributed by atoms with van der Waals surface area (Å²) < 4.78 is 11.6. The van der Waals surface area contributed by atoms with Gasteiger partial charge < -0.3 is 14.8 Å². The van der Waals surface area contributed by atoms with Crippen LogP contribution in [0.3, 0.4) is 0 Å². The van der Waals surface area contributed by atoms with E-state index in [0.29, 0.717) is 6.10 Å². The maximum Gasteiger partial charge on any atom is 0.163 e. The van der Waals surface area contributed by atoms with Crippen LogP contribution in [0, 0.1) is 6.92 Å². The van der Waals surface area contributed by atoms with Gasteiger partial charge in [0.15, 0.2) is 11.5 Å². The molecule has 1 aliphatic carbocycles. The molecule has 3 heteroatoms. The van der Waals surface area contributed by atoms with E-state index >= 15 is 0 Å². The van der Waals surface area contributed by atoms with Crippen molar-refractivity contribution in [2.75, 3.05) is 12.4 Å². The third kappa shape index (κ3) is 3.98. The van der Waals surface area contributed by atoms with Gasteiger partial charge in [0, 0.05) is 18.3 Å². The second-order valence-electron chi connectivity index (χ2n) is 6.17. The number of ether oxygens (including phenoxy) is 2. The molecular formula is C20H25NO2. The second kappa shape index (κ2) is 7.40. The maximum atomic E-state index is 6.15. The molecule has 2 aromatic carbocycles. The van der Waals surface area contributed by atoms with Gasteiger partial charge in [-0.3, -0.25) is 0 Å². The summed E-state index contributed by atoms with van der Waals surface area (Å²) in [7, 11) is 1.69. The Morgan fingerprint density at radius 2 is 1.83 bits per heavy atom. The van der Waals surface area contributed by atoms with Crippen molar-refractivity contribution < 1.29 is 9.47 Å². The molecule has 23 heavy (non-hydrogen) atoms. The SMILES string of the molecule is COc1ccc(NCc2ccccc2C)cc1OC1CCCC1. The van der Waals surface area contributed by atoms with Gasteiger partial charge in [0.2, 0.25) is 0 Å². The van der Waals surface area contributed by atoms with Gasteiger partial charge in [-0.1, -0.05) is 24.3 Å². The number of anilines is 1. The van der Waals surface area contributed by atoms with E-state index in [1.807, 2.05) is 12.1 Å².